The van der Waals surface area contributed by atoms with Gasteiger partial charge in [-0.1, -0.05) is 13.3 Å². The summed E-state index contributed by atoms with van der Waals surface area (Å²) < 4.78 is 0. The first kappa shape index (κ1) is 9.72. The van der Waals surface area contributed by atoms with E-state index >= 15 is 0 Å². The highest BCUT2D eigenvalue weighted by molar-refractivity contribution is 5.84. The molecule has 3 heteroatoms. The molecular formula is C12H13N3. The van der Waals surface area contributed by atoms with Crippen molar-refractivity contribution in [3.63, 3.8) is 0 Å². The quantitative estimate of drug-likeness (QED) is 0.826. The van der Waals surface area contributed by atoms with Crippen molar-refractivity contribution in [3.8, 4) is 6.07 Å². The number of hydrogen-bond acceptors (Lipinski definition) is 2. The van der Waals surface area contributed by atoms with Crippen LogP contribution in [-0.4, -0.2) is 9.97 Å². The third kappa shape index (κ3) is 1.71. The van der Waals surface area contributed by atoms with E-state index in [1.807, 2.05) is 12.1 Å². The van der Waals surface area contributed by atoms with Crippen molar-refractivity contribution in [2.24, 2.45) is 0 Å². The Labute approximate surface area is 88.8 Å². The molecule has 0 aromatic carbocycles. The van der Waals surface area contributed by atoms with Gasteiger partial charge in [-0.05, 0) is 25.0 Å². The highest BCUT2D eigenvalue weighted by Gasteiger charge is 2.10. The number of aromatic amines is 1. The van der Waals surface area contributed by atoms with Crippen LogP contribution in [0.1, 0.15) is 31.0 Å². The lowest BCUT2D eigenvalue weighted by Gasteiger charge is -1.95. The highest BCUT2D eigenvalue weighted by Crippen LogP contribution is 2.20. The summed E-state index contributed by atoms with van der Waals surface area (Å²) in [5, 5.41) is 10.0. The summed E-state index contributed by atoms with van der Waals surface area (Å²) in [4.78, 5) is 7.43. The second-order valence-corrected chi connectivity index (χ2v) is 3.59. The number of fused-ring (bicyclic) bond motifs is 1. The monoisotopic (exact) mass is 199 g/mol. The molecule has 0 spiro atoms. The Kier molecular flexibility index (Phi) is 2.68. The molecule has 15 heavy (non-hydrogen) atoms. The van der Waals surface area contributed by atoms with Crippen LogP contribution < -0.4 is 0 Å². The van der Waals surface area contributed by atoms with Crippen LogP contribution in [0.2, 0.25) is 0 Å². The maximum atomic E-state index is 9.11. The number of nitrogens with zero attached hydrogens (tertiary/aromatic N) is 2. The van der Waals surface area contributed by atoms with Crippen LogP contribution in [0.25, 0.3) is 11.0 Å². The number of H-pyrrole nitrogens is 1. The van der Waals surface area contributed by atoms with Gasteiger partial charge in [0.25, 0.3) is 0 Å². The number of hydrogen-bond donors (Lipinski definition) is 1. The summed E-state index contributed by atoms with van der Waals surface area (Å²) >= 11 is 0. The van der Waals surface area contributed by atoms with Crippen LogP contribution in [0.15, 0.2) is 18.3 Å². The summed E-state index contributed by atoms with van der Waals surface area (Å²) in [5.41, 5.74) is 2.60. The van der Waals surface area contributed by atoms with Gasteiger partial charge in [0.05, 0.1) is 5.56 Å². The van der Waals surface area contributed by atoms with Crippen LogP contribution in [0.5, 0.6) is 0 Å². The molecular weight excluding hydrogens is 186 g/mol. The topological polar surface area (TPSA) is 52.5 Å². The fourth-order valence-electron chi connectivity index (χ4n) is 1.74. The minimum Gasteiger partial charge on any atom is -0.342 e. The van der Waals surface area contributed by atoms with E-state index in [2.05, 4.69) is 23.0 Å². The normalized spacial score (nSPS) is 10.4. The molecule has 0 aliphatic carbocycles. The van der Waals surface area contributed by atoms with Crippen LogP contribution in [-0.2, 0) is 6.42 Å². The Morgan fingerprint density at radius 2 is 2.40 bits per heavy atom. The van der Waals surface area contributed by atoms with E-state index in [1.54, 1.807) is 6.20 Å². The average Bonchev–Trinajstić information content (AvgIpc) is 2.63. The Morgan fingerprint density at radius 1 is 1.53 bits per heavy atom. The average molecular weight is 199 g/mol. The molecule has 2 aromatic heterocycles. The summed E-state index contributed by atoms with van der Waals surface area (Å²) in [7, 11) is 0. The molecule has 76 valence electrons. The zero-order valence-corrected chi connectivity index (χ0v) is 8.75. The second-order valence-electron chi connectivity index (χ2n) is 3.59. The SMILES string of the molecule is CCCCc1[nH]c2ncccc2c1C#N. The Balaban J connectivity index is 2.50. The van der Waals surface area contributed by atoms with Crippen molar-refractivity contribution in [2.45, 2.75) is 26.2 Å². The van der Waals surface area contributed by atoms with E-state index in [1.165, 1.54) is 0 Å². The van der Waals surface area contributed by atoms with E-state index in [9.17, 15) is 0 Å². The molecule has 2 heterocycles. The third-order valence-electron chi connectivity index (χ3n) is 2.54. The van der Waals surface area contributed by atoms with Gasteiger partial charge in [0.1, 0.15) is 11.7 Å². The summed E-state index contributed by atoms with van der Waals surface area (Å²) in [6.07, 6.45) is 4.90. The summed E-state index contributed by atoms with van der Waals surface area (Å²) in [6, 6.07) is 6.06. The van der Waals surface area contributed by atoms with Crippen molar-refractivity contribution < 1.29 is 0 Å². The second kappa shape index (κ2) is 4.14. The molecule has 0 aliphatic heterocycles. The molecule has 0 fully saturated rings. The molecule has 0 atom stereocenters. The Hall–Kier alpha value is -1.82. The number of unbranched alkanes of at least 4 members (excludes halogenated alkanes) is 1. The van der Waals surface area contributed by atoms with Gasteiger partial charge in [-0.3, -0.25) is 0 Å². The van der Waals surface area contributed by atoms with E-state index in [0.29, 0.717) is 0 Å². The fourth-order valence-corrected chi connectivity index (χ4v) is 1.74. The van der Waals surface area contributed by atoms with Gasteiger partial charge in [0, 0.05) is 17.3 Å². The lowest BCUT2D eigenvalue weighted by Crippen LogP contribution is -1.87. The molecule has 2 aromatic rings. The maximum Gasteiger partial charge on any atom is 0.138 e. The van der Waals surface area contributed by atoms with Crippen LogP contribution in [0.3, 0.4) is 0 Å². The van der Waals surface area contributed by atoms with Crippen molar-refractivity contribution in [1.29, 1.82) is 5.26 Å². The molecule has 0 bridgehead atoms. The van der Waals surface area contributed by atoms with E-state index in [-0.39, 0.29) is 0 Å². The Bertz CT molecular complexity index is 505. The number of rotatable bonds is 3. The largest absolute Gasteiger partial charge is 0.342 e. The molecule has 0 saturated heterocycles. The molecule has 0 radical (unpaired) electrons. The van der Waals surface area contributed by atoms with Crippen LogP contribution in [0.4, 0.5) is 0 Å². The number of nitriles is 1. The van der Waals surface area contributed by atoms with E-state index in [4.69, 9.17) is 5.26 Å². The van der Waals surface area contributed by atoms with Gasteiger partial charge < -0.3 is 4.98 Å². The minimum atomic E-state index is 0.756. The molecule has 0 unspecified atom stereocenters. The van der Waals surface area contributed by atoms with Gasteiger partial charge in [0.15, 0.2) is 0 Å². The molecule has 1 N–H and O–H groups in total. The van der Waals surface area contributed by atoms with Crippen molar-refractivity contribution in [2.75, 3.05) is 0 Å². The first-order valence-electron chi connectivity index (χ1n) is 5.22. The fraction of sp³-hybridized carbons (Fsp3) is 0.333. The first-order valence-corrected chi connectivity index (χ1v) is 5.22. The summed E-state index contributed by atoms with van der Waals surface area (Å²) in [5.74, 6) is 0. The molecule has 2 rings (SSSR count). The van der Waals surface area contributed by atoms with E-state index < -0.39 is 0 Å². The lowest BCUT2D eigenvalue weighted by molar-refractivity contribution is 0.780. The van der Waals surface area contributed by atoms with Crippen molar-refractivity contribution in [1.82, 2.24) is 9.97 Å². The van der Waals surface area contributed by atoms with Crippen LogP contribution >= 0.6 is 0 Å². The van der Waals surface area contributed by atoms with Gasteiger partial charge >= 0.3 is 0 Å². The van der Waals surface area contributed by atoms with E-state index in [0.717, 1.165) is 41.6 Å². The first-order chi connectivity index (χ1) is 7.36. The molecule has 3 nitrogen and oxygen atoms in total. The predicted molar refractivity (Wildman–Crippen MR) is 59.4 cm³/mol. The molecule has 0 amide bonds. The minimum absolute atomic E-state index is 0.756. The van der Waals surface area contributed by atoms with Gasteiger partial charge in [-0.25, -0.2) is 4.98 Å². The third-order valence-corrected chi connectivity index (χ3v) is 2.54. The van der Waals surface area contributed by atoms with Gasteiger partial charge in [-0.2, -0.15) is 5.26 Å². The maximum absolute atomic E-state index is 9.11. The molecule has 0 aliphatic rings. The zero-order valence-electron chi connectivity index (χ0n) is 8.75. The standard InChI is InChI=1S/C12H13N3/c1-2-3-6-11-10(8-13)9-5-4-7-14-12(9)15-11/h4-5,7H,2-3,6H2,1H3,(H,14,15). The Morgan fingerprint density at radius 3 is 3.13 bits per heavy atom. The number of pyridine rings is 1. The highest BCUT2D eigenvalue weighted by atomic mass is 14.9. The van der Waals surface area contributed by atoms with Gasteiger partial charge in [0.2, 0.25) is 0 Å². The van der Waals surface area contributed by atoms with Crippen molar-refractivity contribution in [3.05, 3.63) is 29.6 Å². The lowest BCUT2D eigenvalue weighted by atomic mass is 10.1. The number of aromatic nitrogens is 2. The predicted octanol–water partition coefficient (Wildman–Crippen LogP) is 2.78. The van der Waals surface area contributed by atoms with Crippen molar-refractivity contribution >= 4 is 11.0 Å². The molecule has 0 saturated carbocycles. The smallest absolute Gasteiger partial charge is 0.138 e. The summed E-state index contributed by atoms with van der Waals surface area (Å²) in [6.45, 7) is 2.15. The number of aryl methyl sites for hydroxylation is 1. The van der Waals surface area contributed by atoms with Crippen LogP contribution in [0, 0.1) is 11.3 Å². The zero-order chi connectivity index (χ0) is 10.7. The number of nitrogens with one attached hydrogen (secondary N) is 1. The van der Waals surface area contributed by atoms with Gasteiger partial charge in [-0.15, -0.1) is 0 Å².